The Morgan fingerprint density at radius 2 is 1.35 bits per heavy atom. The molecule has 3 rings (SSSR count). The van der Waals surface area contributed by atoms with Gasteiger partial charge in [-0.1, -0.05) is 56.3 Å². The van der Waals surface area contributed by atoms with Gasteiger partial charge in [0.25, 0.3) is 0 Å². The van der Waals surface area contributed by atoms with E-state index in [-0.39, 0.29) is 24.7 Å². The zero-order chi connectivity index (χ0) is 24.5. The second-order valence-electron chi connectivity index (χ2n) is 8.14. The molecule has 1 unspecified atom stereocenters. The summed E-state index contributed by atoms with van der Waals surface area (Å²) in [5.74, 6) is -1.07. The maximum absolute atomic E-state index is 13.2. The molecule has 34 heavy (non-hydrogen) atoms. The Kier molecular flexibility index (Phi) is 8.87. The van der Waals surface area contributed by atoms with Crippen molar-refractivity contribution >= 4 is 40.9 Å². The number of carbonyl (C=O) groups excluding carboxylic acids is 2. The number of benzene rings is 3. The molecular formula is C27H28N2O4S. The Balaban J connectivity index is 1.71. The molecule has 2 amide bonds. The molecule has 0 aromatic heterocycles. The summed E-state index contributed by atoms with van der Waals surface area (Å²) >= 11 is 1.42. The maximum Gasteiger partial charge on any atom is 0.303 e. The van der Waals surface area contributed by atoms with E-state index in [9.17, 15) is 14.4 Å². The van der Waals surface area contributed by atoms with E-state index in [1.54, 1.807) is 12.1 Å². The number of carboxylic acid groups (broad SMARTS) is 1. The zero-order valence-electron chi connectivity index (χ0n) is 19.2. The molecule has 0 aliphatic rings. The number of nitrogens with one attached hydrogen (secondary N) is 2. The molecule has 0 saturated heterocycles. The molecule has 0 radical (unpaired) electrons. The second-order valence-corrected chi connectivity index (χ2v) is 9.32. The van der Waals surface area contributed by atoms with Crippen molar-refractivity contribution < 1.29 is 19.5 Å². The molecule has 7 heteroatoms. The zero-order valence-corrected chi connectivity index (χ0v) is 20.0. The summed E-state index contributed by atoms with van der Waals surface area (Å²) in [5, 5.41) is 13.9. The summed E-state index contributed by atoms with van der Waals surface area (Å²) in [6.07, 6.45) is -0.298. The highest BCUT2D eigenvalue weighted by Gasteiger charge is 2.22. The van der Waals surface area contributed by atoms with Gasteiger partial charge in [0.15, 0.2) is 0 Å². The van der Waals surface area contributed by atoms with E-state index in [1.807, 2.05) is 66.7 Å². The molecule has 6 nitrogen and oxygen atoms in total. The van der Waals surface area contributed by atoms with Crippen LogP contribution in [0.1, 0.15) is 49.0 Å². The van der Waals surface area contributed by atoms with Gasteiger partial charge >= 0.3 is 5.97 Å². The molecule has 3 N–H and O–H groups in total. The van der Waals surface area contributed by atoms with Crippen molar-refractivity contribution in [1.82, 2.24) is 0 Å². The van der Waals surface area contributed by atoms with Crippen LogP contribution in [0.25, 0.3) is 0 Å². The van der Waals surface area contributed by atoms with E-state index < -0.39 is 11.2 Å². The van der Waals surface area contributed by atoms with Crippen LogP contribution in [0, 0.1) is 0 Å². The monoisotopic (exact) mass is 476 g/mol. The van der Waals surface area contributed by atoms with Crippen LogP contribution in [0.2, 0.25) is 0 Å². The number of thioether (sulfide) groups is 1. The molecule has 0 aliphatic heterocycles. The minimum Gasteiger partial charge on any atom is -0.481 e. The second kappa shape index (κ2) is 12.0. The highest BCUT2D eigenvalue weighted by atomic mass is 32.2. The molecule has 1 atom stereocenters. The topological polar surface area (TPSA) is 95.5 Å². The smallest absolute Gasteiger partial charge is 0.303 e. The Morgan fingerprint density at radius 1 is 0.765 bits per heavy atom. The van der Waals surface area contributed by atoms with Crippen molar-refractivity contribution in [3.05, 3.63) is 90.0 Å². The van der Waals surface area contributed by atoms with E-state index in [0.717, 1.165) is 16.1 Å². The summed E-state index contributed by atoms with van der Waals surface area (Å²) in [6.45, 7) is 4.25. The number of carbonyl (C=O) groups is 3. The van der Waals surface area contributed by atoms with Gasteiger partial charge in [-0.05, 0) is 53.4 Å². The van der Waals surface area contributed by atoms with Crippen molar-refractivity contribution in [3.8, 4) is 0 Å². The molecule has 3 aromatic carbocycles. The van der Waals surface area contributed by atoms with Crippen molar-refractivity contribution in [3.63, 3.8) is 0 Å². The highest BCUT2D eigenvalue weighted by Crippen LogP contribution is 2.36. The van der Waals surface area contributed by atoms with Crippen molar-refractivity contribution in [2.45, 2.75) is 42.8 Å². The number of hydrogen-bond donors (Lipinski definition) is 3. The molecule has 0 saturated carbocycles. The predicted octanol–water partition coefficient (Wildman–Crippen LogP) is 6.09. The Morgan fingerprint density at radius 3 is 1.94 bits per heavy atom. The third-order valence-corrected chi connectivity index (χ3v) is 6.41. The number of hydrogen-bond acceptors (Lipinski definition) is 4. The number of anilines is 2. The molecule has 176 valence electrons. The third-order valence-electron chi connectivity index (χ3n) is 5.14. The van der Waals surface area contributed by atoms with E-state index >= 15 is 0 Å². The van der Waals surface area contributed by atoms with Crippen LogP contribution in [0.3, 0.4) is 0 Å². The standard InChI is InChI=1S/C27H28N2O4S/c1-18(2)19-8-10-22(11-9-19)29-27(33)26(20-6-4-3-5-7-20)34-23-14-12-21(13-15-23)28-24(30)16-17-25(31)32/h3-15,18,26H,16-17H2,1-2H3,(H,28,30)(H,29,33)(H,31,32). The van der Waals surface area contributed by atoms with E-state index in [4.69, 9.17) is 5.11 Å². The largest absolute Gasteiger partial charge is 0.481 e. The molecule has 0 fully saturated rings. The van der Waals surface area contributed by atoms with Gasteiger partial charge in [0.1, 0.15) is 5.25 Å². The minimum atomic E-state index is -1.01. The number of rotatable bonds is 10. The summed E-state index contributed by atoms with van der Waals surface area (Å²) in [7, 11) is 0. The first-order chi connectivity index (χ1) is 16.3. The maximum atomic E-state index is 13.2. The fraction of sp³-hybridized carbons (Fsp3) is 0.222. The Hall–Kier alpha value is -3.58. The van der Waals surface area contributed by atoms with Gasteiger partial charge in [0.2, 0.25) is 11.8 Å². The first kappa shape index (κ1) is 25.1. The molecular weight excluding hydrogens is 448 g/mol. The number of aliphatic carboxylic acids is 1. The van der Waals surface area contributed by atoms with E-state index in [0.29, 0.717) is 11.6 Å². The van der Waals surface area contributed by atoms with Crippen molar-refractivity contribution in [2.24, 2.45) is 0 Å². The third kappa shape index (κ3) is 7.49. The summed E-state index contributed by atoms with van der Waals surface area (Å²) < 4.78 is 0. The van der Waals surface area contributed by atoms with Gasteiger partial charge in [0.05, 0.1) is 6.42 Å². The van der Waals surface area contributed by atoms with Gasteiger partial charge in [-0.2, -0.15) is 0 Å². The van der Waals surface area contributed by atoms with E-state index in [1.165, 1.54) is 17.3 Å². The van der Waals surface area contributed by atoms with Crippen LogP contribution in [-0.4, -0.2) is 22.9 Å². The summed E-state index contributed by atoms with van der Waals surface area (Å²) in [6, 6.07) is 24.6. The van der Waals surface area contributed by atoms with Gasteiger partial charge in [-0.3, -0.25) is 14.4 Å². The van der Waals surface area contributed by atoms with Gasteiger partial charge in [-0.25, -0.2) is 0 Å². The van der Waals surface area contributed by atoms with Crippen LogP contribution in [0.5, 0.6) is 0 Å². The summed E-state index contributed by atoms with van der Waals surface area (Å²) in [5.41, 5.74) is 3.41. The first-order valence-corrected chi connectivity index (χ1v) is 11.9. The lowest BCUT2D eigenvalue weighted by atomic mass is 10.0. The van der Waals surface area contributed by atoms with Crippen LogP contribution in [0.4, 0.5) is 11.4 Å². The van der Waals surface area contributed by atoms with Crippen LogP contribution < -0.4 is 10.6 Å². The highest BCUT2D eigenvalue weighted by molar-refractivity contribution is 8.00. The quantitative estimate of drug-likeness (QED) is 0.308. The van der Waals surface area contributed by atoms with Gasteiger partial charge < -0.3 is 15.7 Å². The normalized spacial score (nSPS) is 11.6. The lowest BCUT2D eigenvalue weighted by Crippen LogP contribution is -2.19. The van der Waals surface area contributed by atoms with E-state index in [2.05, 4.69) is 24.5 Å². The Labute approximate surface area is 203 Å². The van der Waals surface area contributed by atoms with Gasteiger partial charge in [-0.15, -0.1) is 11.8 Å². The van der Waals surface area contributed by atoms with Crippen LogP contribution in [0.15, 0.2) is 83.8 Å². The fourth-order valence-corrected chi connectivity index (χ4v) is 4.28. The van der Waals surface area contributed by atoms with Crippen molar-refractivity contribution in [1.29, 1.82) is 0 Å². The first-order valence-electron chi connectivity index (χ1n) is 11.1. The molecule has 3 aromatic rings. The number of carboxylic acids is 1. The lowest BCUT2D eigenvalue weighted by Gasteiger charge is -2.18. The molecule has 0 aliphatic carbocycles. The van der Waals surface area contributed by atoms with Crippen LogP contribution >= 0.6 is 11.8 Å². The predicted molar refractivity (Wildman–Crippen MR) is 136 cm³/mol. The SMILES string of the molecule is CC(C)c1ccc(NC(=O)C(Sc2ccc(NC(=O)CCC(=O)O)cc2)c2ccccc2)cc1. The average Bonchev–Trinajstić information content (AvgIpc) is 2.83. The molecule has 0 heterocycles. The van der Waals surface area contributed by atoms with Crippen molar-refractivity contribution in [2.75, 3.05) is 10.6 Å². The van der Waals surface area contributed by atoms with Crippen LogP contribution in [-0.2, 0) is 14.4 Å². The lowest BCUT2D eigenvalue weighted by molar-refractivity contribution is -0.138. The fourth-order valence-electron chi connectivity index (χ4n) is 3.26. The number of amides is 2. The molecule has 0 bridgehead atoms. The Bertz CT molecular complexity index is 1110. The minimum absolute atomic E-state index is 0.0831. The summed E-state index contributed by atoms with van der Waals surface area (Å²) in [4.78, 5) is 36.6. The average molecular weight is 477 g/mol. The molecule has 0 spiro atoms. The van der Waals surface area contributed by atoms with Gasteiger partial charge in [0, 0.05) is 22.7 Å².